The van der Waals surface area contributed by atoms with E-state index in [4.69, 9.17) is 4.42 Å². The number of rotatable bonds is 4. The van der Waals surface area contributed by atoms with Gasteiger partial charge in [0.2, 0.25) is 11.6 Å². The number of carbonyl (C=O) groups excluding carboxylic acids is 1. The Morgan fingerprint density at radius 3 is 2.46 bits per heavy atom. The molecule has 2 aromatic heterocycles. The quantitative estimate of drug-likeness (QED) is 0.312. The topological polar surface area (TPSA) is 123 Å². The number of furan rings is 1. The molecule has 0 aliphatic heterocycles. The van der Waals surface area contributed by atoms with Crippen LogP contribution in [-0.2, 0) is 0 Å². The largest absolute Gasteiger partial charge is 0.493 e. The highest BCUT2D eigenvalue weighted by Gasteiger charge is 2.20. The van der Waals surface area contributed by atoms with Gasteiger partial charge in [-0.15, -0.1) is 10.2 Å². The molecule has 1 amide bonds. The second-order valence-corrected chi connectivity index (χ2v) is 5.76. The summed E-state index contributed by atoms with van der Waals surface area (Å²) in [5.41, 5.74) is 1.50. The van der Waals surface area contributed by atoms with Crippen molar-refractivity contribution in [1.82, 2.24) is 4.57 Å². The Labute approximate surface area is 157 Å². The number of amides is 1. The summed E-state index contributed by atoms with van der Waals surface area (Å²) >= 11 is 0. The van der Waals surface area contributed by atoms with E-state index in [9.17, 15) is 20.0 Å². The summed E-state index contributed by atoms with van der Waals surface area (Å²) in [4.78, 5) is 22.0. The molecule has 1 N–H and O–H groups in total. The molecule has 0 atom stereocenters. The first kappa shape index (κ1) is 17.2. The van der Waals surface area contributed by atoms with Crippen molar-refractivity contribution in [3.63, 3.8) is 0 Å². The fourth-order valence-electron chi connectivity index (χ4n) is 2.83. The highest BCUT2D eigenvalue weighted by atomic mass is 16.6. The van der Waals surface area contributed by atoms with Gasteiger partial charge in [-0.25, -0.2) is 0 Å². The molecule has 0 bridgehead atoms. The third-order valence-corrected chi connectivity index (χ3v) is 4.06. The molecule has 0 saturated heterocycles. The van der Waals surface area contributed by atoms with Gasteiger partial charge in [-0.05, 0) is 24.3 Å². The standard InChI is InChI=1S/C19H12N4O5/c24-18(15-10-11-16(28-15)23(26)27)21-20-17-13-8-4-5-9-14(13)22(19(17)25)12-6-2-1-3-7-12/h1-11,25H. The van der Waals surface area contributed by atoms with Crippen LogP contribution in [0.1, 0.15) is 10.6 Å². The molecule has 2 heterocycles. The van der Waals surface area contributed by atoms with Crippen LogP contribution in [-0.4, -0.2) is 20.5 Å². The van der Waals surface area contributed by atoms with Gasteiger partial charge in [0.1, 0.15) is 4.92 Å². The van der Waals surface area contributed by atoms with Gasteiger partial charge in [0.05, 0.1) is 11.6 Å². The number of azo groups is 1. The van der Waals surface area contributed by atoms with Crippen molar-refractivity contribution in [1.29, 1.82) is 0 Å². The van der Waals surface area contributed by atoms with Gasteiger partial charge in [0.15, 0.2) is 5.69 Å². The van der Waals surface area contributed by atoms with E-state index >= 15 is 0 Å². The Morgan fingerprint density at radius 2 is 1.75 bits per heavy atom. The van der Waals surface area contributed by atoms with Crippen molar-refractivity contribution in [2.75, 3.05) is 0 Å². The summed E-state index contributed by atoms with van der Waals surface area (Å²) in [6.07, 6.45) is 0. The Bertz CT molecular complexity index is 1220. The molecule has 9 heteroatoms. The van der Waals surface area contributed by atoms with Gasteiger partial charge < -0.3 is 9.52 Å². The molecule has 4 rings (SSSR count). The predicted molar refractivity (Wildman–Crippen MR) is 99.1 cm³/mol. The number of aromatic hydroxyl groups is 1. The zero-order valence-electron chi connectivity index (χ0n) is 14.2. The van der Waals surface area contributed by atoms with Crippen molar-refractivity contribution in [2.45, 2.75) is 0 Å². The maximum Gasteiger partial charge on any atom is 0.433 e. The number of aromatic nitrogens is 1. The van der Waals surface area contributed by atoms with Gasteiger partial charge in [-0.1, -0.05) is 36.4 Å². The highest BCUT2D eigenvalue weighted by Crippen LogP contribution is 2.40. The number of benzene rings is 2. The van der Waals surface area contributed by atoms with E-state index in [1.165, 1.54) is 0 Å². The van der Waals surface area contributed by atoms with E-state index in [1.54, 1.807) is 22.8 Å². The summed E-state index contributed by atoms with van der Waals surface area (Å²) in [6, 6.07) is 18.5. The number of nitro groups is 1. The lowest BCUT2D eigenvalue weighted by Crippen LogP contribution is -1.92. The van der Waals surface area contributed by atoms with E-state index in [2.05, 4.69) is 10.2 Å². The normalized spacial score (nSPS) is 11.3. The van der Waals surface area contributed by atoms with Gasteiger partial charge in [0, 0.05) is 11.1 Å². The van der Waals surface area contributed by atoms with E-state index in [0.717, 1.165) is 12.1 Å². The van der Waals surface area contributed by atoms with E-state index in [-0.39, 0.29) is 17.3 Å². The molecule has 0 aliphatic rings. The average molecular weight is 376 g/mol. The summed E-state index contributed by atoms with van der Waals surface area (Å²) < 4.78 is 6.41. The molecular weight excluding hydrogens is 364 g/mol. The Morgan fingerprint density at radius 1 is 1.04 bits per heavy atom. The summed E-state index contributed by atoms with van der Waals surface area (Å²) in [7, 11) is 0. The zero-order chi connectivity index (χ0) is 19.7. The van der Waals surface area contributed by atoms with Crippen LogP contribution in [0.3, 0.4) is 0 Å². The first-order valence-electron chi connectivity index (χ1n) is 8.14. The molecule has 9 nitrogen and oxygen atoms in total. The SMILES string of the molecule is O=C(N=Nc1c(O)n(-c2ccccc2)c2ccccc12)c1ccc([N+](=O)[O-])o1. The predicted octanol–water partition coefficient (Wildman–Crippen LogP) is 4.76. The lowest BCUT2D eigenvalue weighted by atomic mass is 10.2. The minimum atomic E-state index is -0.899. The number of nitrogens with zero attached hydrogens (tertiary/aromatic N) is 4. The average Bonchev–Trinajstić information content (AvgIpc) is 3.30. The maximum absolute atomic E-state index is 12.1. The van der Waals surface area contributed by atoms with E-state index < -0.39 is 16.7 Å². The van der Waals surface area contributed by atoms with Gasteiger partial charge >= 0.3 is 11.8 Å². The van der Waals surface area contributed by atoms with Crippen LogP contribution in [0.15, 0.2) is 81.4 Å². The van der Waals surface area contributed by atoms with Crippen LogP contribution >= 0.6 is 0 Å². The van der Waals surface area contributed by atoms with Crippen molar-refractivity contribution in [3.05, 3.63) is 82.6 Å². The fourth-order valence-corrected chi connectivity index (χ4v) is 2.83. The first-order valence-corrected chi connectivity index (χ1v) is 8.14. The monoisotopic (exact) mass is 376 g/mol. The third kappa shape index (κ3) is 2.90. The zero-order valence-corrected chi connectivity index (χ0v) is 14.2. The third-order valence-electron chi connectivity index (χ3n) is 4.06. The van der Waals surface area contributed by atoms with Gasteiger partial charge in [-0.2, -0.15) is 0 Å². The molecule has 0 spiro atoms. The van der Waals surface area contributed by atoms with Gasteiger partial charge in [-0.3, -0.25) is 19.5 Å². The Hall–Kier alpha value is -4.27. The molecule has 0 radical (unpaired) electrons. The summed E-state index contributed by atoms with van der Waals surface area (Å²) in [5, 5.41) is 29.4. The maximum atomic E-state index is 12.1. The van der Waals surface area contributed by atoms with Crippen LogP contribution < -0.4 is 0 Å². The molecule has 2 aromatic carbocycles. The van der Waals surface area contributed by atoms with Crippen LogP contribution in [0.2, 0.25) is 0 Å². The first-order chi connectivity index (χ1) is 13.6. The molecule has 138 valence electrons. The molecule has 0 aliphatic carbocycles. The number of fused-ring (bicyclic) bond motifs is 1. The fraction of sp³-hybridized carbons (Fsp3) is 0. The number of para-hydroxylation sites is 2. The molecule has 0 fully saturated rings. The van der Waals surface area contributed by atoms with Crippen molar-refractivity contribution >= 4 is 28.4 Å². The van der Waals surface area contributed by atoms with Crippen molar-refractivity contribution in [3.8, 4) is 11.6 Å². The van der Waals surface area contributed by atoms with Crippen LogP contribution in [0.25, 0.3) is 16.6 Å². The summed E-state index contributed by atoms with van der Waals surface area (Å²) in [5.74, 6) is -1.97. The molecule has 0 unspecified atom stereocenters. The Kier molecular flexibility index (Phi) is 4.17. The second-order valence-electron chi connectivity index (χ2n) is 5.76. The lowest BCUT2D eigenvalue weighted by Gasteiger charge is -2.06. The smallest absolute Gasteiger partial charge is 0.433 e. The van der Waals surface area contributed by atoms with Gasteiger partial charge in [0.25, 0.3) is 0 Å². The van der Waals surface area contributed by atoms with Crippen LogP contribution in [0, 0.1) is 10.1 Å². The highest BCUT2D eigenvalue weighted by molar-refractivity contribution is 5.97. The summed E-state index contributed by atoms with van der Waals surface area (Å²) in [6.45, 7) is 0. The number of hydrogen-bond acceptors (Lipinski definition) is 6. The number of carbonyl (C=O) groups is 1. The van der Waals surface area contributed by atoms with Crippen LogP contribution in [0.5, 0.6) is 5.88 Å². The molecule has 0 saturated carbocycles. The minimum Gasteiger partial charge on any atom is -0.493 e. The number of hydrogen-bond donors (Lipinski definition) is 1. The van der Waals surface area contributed by atoms with Crippen molar-refractivity contribution in [2.24, 2.45) is 10.2 Å². The van der Waals surface area contributed by atoms with E-state index in [1.807, 2.05) is 36.4 Å². The molecule has 4 aromatic rings. The molecular formula is C19H12N4O5. The van der Waals surface area contributed by atoms with Crippen LogP contribution in [0.4, 0.5) is 11.6 Å². The lowest BCUT2D eigenvalue weighted by molar-refractivity contribution is -0.402. The Balaban J connectivity index is 1.77. The molecule has 28 heavy (non-hydrogen) atoms. The van der Waals surface area contributed by atoms with E-state index in [0.29, 0.717) is 16.6 Å². The second kappa shape index (κ2) is 6.80. The minimum absolute atomic E-state index is 0.105. The van der Waals surface area contributed by atoms with Crippen molar-refractivity contribution < 1.29 is 19.2 Å².